The highest BCUT2D eigenvalue weighted by Gasteiger charge is 2.22. The minimum absolute atomic E-state index is 0.419. The Kier molecular flexibility index (Phi) is 5.57. The van der Waals surface area contributed by atoms with Crippen LogP contribution in [0.4, 0.5) is 0 Å². The number of benzene rings is 1. The highest BCUT2D eigenvalue weighted by molar-refractivity contribution is 7.16. The van der Waals surface area contributed by atoms with Crippen molar-refractivity contribution in [1.29, 1.82) is 0 Å². The highest BCUT2D eigenvalue weighted by atomic mass is 35.5. The number of rotatable bonds is 7. The Hall–Kier alpha value is -2.48. The average molecular weight is 415 g/mol. The third kappa shape index (κ3) is 4.01. The molecule has 0 spiro atoms. The van der Waals surface area contributed by atoms with Crippen molar-refractivity contribution in [3.63, 3.8) is 0 Å². The van der Waals surface area contributed by atoms with Crippen LogP contribution in [0.5, 0.6) is 0 Å². The maximum absolute atomic E-state index is 6.03. The molecule has 28 heavy (non-hydrogen) atoms. The minimum atomic E-state index is 0.419. The average Bonchev–Trinajstić information content (AvgIpc) is 3.42. The molecule has 0 atom stereocenters. The van der Waals surface area contributed by atoms with E-state index in [1.807, 2.05) is 49.4 Å². The molecule has 6 nitrogen and oxygen atoms in total. The van der Waals surface area contributed by atoms with Gasteiger partial charge < -0.3 is 8.94 Å². The molecule has 0 aliphatic rings. The third-order valence-electron chi connectivity index (χ3n) is 4.41. The molecule has 0 aliphatic heterocycles. The van der Waals surface area contributed by atoms with E-state index in [0.717, 1.165) is 28.6 Å². The van der Waals surface area contributed by atoms with Crippen molar-refractivity contribution in [3.05, 3.63) is 63.3 Å². The number of hydrogen-bond acceptors (Lipinski definition) is 7. The van der Waals surface area contributed by atoms with E-state index in [0.29, 0.717) is 29.8 Å². The number of hydrogen-bond donors (Lipinski definition) is 0. The van der Waals surface area contributed by atoms with E-state index in [1.165, 1.54) is 4.88 Å². The maximum Gasteiger partial charge on any atom is 0.253 e. The lowest BCUT2D eigenvalue weighted by molar-refractivity contribution is 0.245. The summed E-state index contributed by atoms with van der Waals surface area (Å²) in [5.41, 5.74) is 2.38. The van der Waals surface area contributed by atoms with Gasteiger partial charge in [0.2, 0.25) is 5.89 Å². The molecule has 0 saturated heterocycles. The van der Waals surface area contributed by atoms with Gasteiger partial charge in [0.05, 0.1) is 10.9 Å². The summed E-state index contributed by atoms with van der Waals surface area (Å²) in [4.78, 5) is 3.42. The summed E-state index contributed by atoms with van der Waals surface area (Å²) in [6.45, 7) is 6.15. The van der Waals surface area contributed by atoms with Gasteiger partial charge in [0, 0.05) is 17.0 Å². The van der Waals surface area contributed by atoms with Gasteiger partial charge in [-0.05, 0) is 25.6 Å². The van der Waals surface area contributed by atoms with Crippen molar-refractivity contribution < 1.29 is 8.94 Å². The molecule has 0 radical (unpaired) electrons. The fourth-order valence-electron chi connectivity index (χ4n) is 2.96. The standard InChI is InChI=1S/C20H19ClN4O2S/c1-3-25(11-15-9-10-16(21)28-15)12-17-22-23-20(26-17)18-13(2)27-24-19(18)14-7-5-4-6-8-14/h4-10H,3,11-12H2,1-2H3. The van der Waals surface area contributed by atoms with Crippen LogP contribution in [0.15, 0.2) is 51.4 Å². The first-order valence-corrected chi connectivity index (χ1v) is 10.1. The number of halogens is 1. The molecular weight excluding hydrogens is 396 g/mol. The third-order valence-corrected chi connectivity index (χ3v) is 5.62. The lowest BCUT2D eigenvalue weighted by Crippen LogP contribution is -2.21. The van der Waals surface area contributed by atoms with Crippen LogP contribution in [0.25, 0.3) is 22.7 Å². The van der Waals surface area contributed by atoms with Crippen molar-refractivity contribution >= 4 is 22.9 Å². The Morgan fingerprint density at radius 3 is 2.61 bits per heavy atom. The predicted octanol–water partition coefficient (Wildman–Crippen LogP) is 5.44. The molecule has 0 amide bonds. The fourth-order valence-corrected chi connectivity index (χ4v) is 4.09. The molecule has 3 aromatic heterocycles. The smallest absolute Gasteiger partial charge is 0.253 e. The number of nitrogens with zero attached hydrogens (tertiary/aromatic N) is 4. The van der Waals surface area contributed by atoms with Gasteiger partial charge in [-0.25, -0.2) is 0 Å². The number of aromatic nitrogens is 3. The SMILES string of the molecule is CCN(Cc1nnc(-c2c(-c3ccccc3)noc2C)o1)Cc1ccc(Cl)s1. The number of thiophene rings is 1. The Morgan fingerprint density at radius 1 is 1.07 bits per heavy atom. The molecule has 0 N–H and O–H groups in total. The second kappa shape index (κ2) is 8.26. The quantitative estimate of drug-likeness (QED) is 0.401. The number of aryl methyl sites for hydroxylation is 1. The maximum atomic E-state index is 6.03. The van der Waals surface area contributed by atoms with E-state index >= 15 is 0 Å². The molecule has 1 aromatic carbocycles. The summed E-state index contributed by atoms with van der Waals surface area (Å²) in [6, 6.07) is 13.8. The first-order chi connectivity index (χ1) is 13.6. The van der Waals surface area contributed by atoms with Gasteiger partial charge in [0.15, 0.2) is 0 Å². The molecule has 0 bridgehead atoms. The van der Waals surface area contributed by atoms with Crippen LogP contribution in [0.3, 0.4) is 0 Å². The second-order valence-electron chi connectivity index (χ2n) is 6.34. The van der Waals surface area contributed by atoms with Crippen molar-refractivity contribution in [2.24, 2.45) is 0 Å². The van der Waals surface area contributed by atoms with Crippen molar-refractivity contribution in [1.82, 2.24) is 20.3 Å². The Morgan fingerprint density at radius 2 is 1.89 bits per heavy atom. The zero-order valence-corrected chi connectivity index (χ0v) is 17.1. The Labute approximate surface area is 171 Å². The summed E-state index contributed by atoms with van der Waals surface area (Å²) in [5.74, 6) is 1.62. The van der Waals surface area contributed by atoms with Crippen LogP contribution in [-0.2, 0) is 13.1 Å². The zero-order chi connectivity index (χ0) is 19.5. The molecule has 144 valence electrons. The van der Waals surface area contributed by atoms with Gasteiger partial charge in [-0.2, -0.15) is 0 Å². The zero-order valence-electron chi connectivity index (χ0n) is 15.6. The van der Waals surface area contributed by atoms with E-state index < -0.39 is 0 Å². The predicted molar refractivity (Wildman–Crippen MR) is 109 cm³/mol. The molecule has 4 rings (SSSR count). The van der Waals surface area contributed by atoms with E-state index in [4.69, 9.17) is 20.5 Å². The van der Waals surface area contributed by atoms with E-state index in [9.17, 15) is 0 Å². The van der Waals surface area contributed by atoms with Crippen molar-refractivity contribution in [2.45, 2.75) is 26.9 Å². The highest BCUT2D eigenvalue weighted by Crippen LogP contribution is 2.33. The Balaban J connectivity index is 1.56. The minimum Gasteiger partial charge on any atom is -0.419 e. The monoisotopic (exact) mass is 414 g/mol. The largest absolute Gasteiger partial charge is 0.419 e. The van der Waals surface area contributed by atoms with Gasteiger partial charge in [0.25, 0.3) is 5.89 Å². The molecule has 0 saturated carbocycles. The first-order valence-electron chi connectivity index (χ1n) is 8.95. The molecule has 3 heterocycles. The summed E-state index contributed by atoms with van der Waals surface area (Å²) < 4.78 is 12.2. The van der Waals surface area contributed by atoms with Gasteiger partial charge in [-0.1, -0.05) is 54.0 Å². The van der Waals surface area contributed by atoms with Gasteiger partial charge >= 0.3 is 0 Å². The van der Waals surface area contributed by atoms with Crippen LogP contribution < -0.4 is 0 Å². The summed E-state index contributed by atoms with van der Waals surface area (Å²) in [6.07, 6.45) is 0. The summed E-state index contributed by atoms with van der Waals surface area (Å²) in [5, 5.41) is 12.7. The van der Waals surface area contributed by atoms with Gasteiger partial charge in [-0.15, -0.1) is 21.5 Å². The topological polar surface area (TPSA) is 68.2 Å². The molecular formula is C20H19ClN4O2S. The second-order valence-corrected chi connectivity index (χ2v) is 8.14. The molecule has 0 fully saturated rings. The van der Waals surface area contributed by atoms with E-state index in [-0.39, 0.29) is 0 Å². The summed E-state index contributed by atoms with van der Waals surface area (Å²) in [7, 11) is 0. The van der Waals surface area contributed by atoms with E-state index in [2.05, 4.69) is 27.2 Å². The molecule has 8 heteroatoms. The van der Waals surface area contributed by atoms with Crippen molar-refractivity contribution in [3.8, 4) is 22.7 Å². The van der Waals surface area contributed by atoms with Crippen LogP contribution in [0.2, 0.25) is 4.34 Å². The van der Waals surface area contributed by atoms with E-state index in [1.54, 1.807) is 11.3 Å². The fraction of sp³-hybridized carbons (Fsp3) is 0.250. The molecule has 0 aliphatic carbocycles. The Bertz CT molecular complexity index is 1060. The van der Waals surface area contributed by atoms with Crippen molar-refractivity contribution in [2.75, 3.05) is 6.54 Å². The lowest BCUT2D eigenvalue weighted by Gasteiger charge is -2.16. The first kappa shape index (κ1) is 18.9. The van der Waals surface area contributed by atoms with Crippen LogP contribution >= 0.6 is 22.9 Å². The van der Waals surface area contributed by atoms with Crippen LogP contribution in [0.1, 0.15) is 23.5 Å². The molecule has 4 aromatic rings. The lowest BCUT2D eigenvalue weighted by atomic mass is 10.1. The summed E-state index contributed by atoms with van der Waals surface area (Å²) >= 11 is 7.62. The van der Waals surface area contributed by atoms with Gasteiger partial charge in [0.1, 0.15) is 17.0 Å². The normalized spacial score (nSPS) is 11.4. The van der Waals surface area contributed by atoms with Crippen LogP contribution in [-0.4, -0.2) is 26.8 Å². The molecule has 0 unspecified atom stereocenters. The van der Waals surface area contributed by atoms with Crippen LogP contribution in [0, 0.1) is 6.92 Å². The van der Waals surface area contributed by atoms with Gasteiger partial charge in [-0.3, -0.25) is 4.90 Å².